The molecule has 5 nitrogen and oxygen atoms in total. The zero-order valence-electron chi connectivity index (χ0n) is 12.8. The summed E-state index contributed by atoms with van der Waals surface area (Å²) in [4.78, 5) is 12.2. The number of hydrogen-bond donors (Lipinski definition) is 2. The molecular formula is C16H19N3O2S. The third-order valence-electron chi connectivity index (χ3n) is 3.71. The number of hydrogen-bond acceptors (Lipinski definition) is 4. The van der Waals surface area contributed by atoms with Gasteiger partial charge in [-0.25, -0.2) is 0 Å². The Morgan fingerprint density at radius 3 is 2.91 bits per heavy atom. The summed E-state index contributed by atoms with van der Waals surface area (Å²) in [5, 5.41) is 9.96. The van der Waals surface area contributed by atoms with Crippen molar-refractivity contribution >= 4 is 23.5 Å². The first-order valence-corrected chi connectivity index (χ1v) is 8.29. The number of amides is 1. The van der Waals surface area contributed by atoms with E-state index in [0.29, 0.717) is 12.4 Å². The van der Waals surface area contributed by atoms with Crippen LogP contribution in [-0.2, 0) is 4.79 Å². The van der Waals surface area contributed by atoms with Crippen LogP contribution in [0.3, 0.4) is 0 Å². The van der Waals surface area contributed by atoms with Crippen LogP contribution in [0.25, 0.3) is 0 Å². The maximum Gasteiger partial charge on any atom is 0.238 e. The number of nitrogens with zero attached hydrogens (tertiary/aromatic N) is 1. The first kappa shape index (κ1) is 15.0. The Labute approximate surface area is 133 Å². The van der Waals surface area contributed by atoms with Gasteiger partial charge in [-0.05, 0) is 26.8 Å². The summed E-state index contributed by atoms with van der Waals surface area (Å²) in [6, 6.07) is 7.99. The predicted molar refractivity (Wildman–Crippen MR) is 88.5 cm³/mol. The normalized spacial score (nSPS) is 21.0. The van der Waals surface area contributed by atoms with Crippen molar-refractivity contribution in [2.24, 2.45) is 0 Å². The second kappa shape index (κ2) is 6.04. The molecule has 2 N–H and O–H groups in total. The van der Waals surface area contributed by atoms with Crippen molar-refractivity contribution in [3.8, 4) is 5.75 Å². The van der Waals surface area contributed by atoms with Crippen molar-refractivity contribution < 1.29 is 9.53 Å². The van der Waals surface area contributed by atoms with E-state index < -0.39 is 0 Å². The Morgan fingerprint density at radius 2 is 2.14 bits per heavy atom. The molecule has 2 aromatic rings. The monoisotopic (exact) mass is 317 g/mol. The molecule has 0 aliphatic carbocycles. The van der Waals surface area contributed by atoms with Gasteiger partial charge in [0.05, 0.1) is 17.1 Å². The number of para-hydroxylation sites is 1. The van der Waals surface area contributed by atoms with Gasteiger partial charge in [0.2, 0.25) is 5.91 Å². The minimum atomic E-state index is -0.159. The second-order valence-electron chi connectivity index (χ2n) is 5.23. The molecule has 0 saturated heterocycles. The summed E-state index contributed by atoms with van der Waals surface area (Å²) in [5.74, 6) is 1.46. The number of nitrogens with one attached hydrogen (secondary N) is 2. The van der Waals surface area contributed by atoms with Crippen LogP contribution in [0.4, 0.5) is 5.82 Å². The molecule has 1 aliphatic rings. The van der Waals surface area contributed by atoms with Gasteiger partial charge in [-0.3, -0.25) is 9.89 Å². The van der Waals surface area contributed by atoms with Crippen LogP contribution in [0, 0.1) is 6.92 Å². The van der Waals surface area contributed by atoms with Crippen LogP contribution in [0.5, 0.6) is 5.75 Å². The van der Waals surface area contributed by atoms with E-state index in [9.17, 15) is 4.79 Å². The smallest absolute Gasteiger partial charge is 0.238 e. The number of aromatic amines is 1. The molecule has 1 aromatic heterocycles. The molecule has 3 rings (SSSR count). The molecule has 0 unspecified atom stereocenters. The molecular weight excluding hydrogens is 298 g/mol. The number of fused-ring (bicyclic) bond motifs is 1. The number of anilines is 1. The Hall–Kier alpha value is -1.95. The highest BCUT2D eigenvalue weighted by Gasteiger charge is 2.33. The Bertz CT molecular complexity index is 698. The van der Waals surface area contributed by atoms with Crippen LogP contribution in [-0.4, -0.2) is 28.0 Å². The molecule has 22 heavy (non-hydrogen) atoms. The third-order valence-corrected chi connectivity index (χ3v) is 5.09. The summed E-state index contributed by atoms with van der Waals surface area (Å²) in [6.45, 7) is 6.48. The van der Waals surface area contributed by atoms with Crippen LogP contribution >= 0.6 is 11.8 Å². The number of rotatable bonds is 3. The molecule has 116 valence electrons. The minimum Gasteiger partial charge on any atom is -0.494 e. The number of aromatic nitrogens is 2. The standard InChI is InChI=1S/C16H19N3O2S/c1-4-21-12-8-6-5-7-11(12)14-13-9(2)18-19-15(13)17-16(20)10(3)22-14/h5-8,10,14H,4H2,1-3H3,(H2,17,18,19,20)/t10-,14-/m0/s1. The van der Waals surface area contributed by atoms with E-state index in [0.717, 1.165) is 22.6 Å². The van der Waals surface area contributed by atoms with E-state index in [-0.39, 0.29) is 16.4 Å². The fraction of sp³-hybridized carbons (Fsp3) is 0.375. The fourth-order valence-electron chi connectivity index (χ4n) is 2.62. The van der Waals surface area contributed by atoms with E-state index >= 15 is 0 Å². The van der Waals surface area contributed by atoms with Crippen LogP contribution < -0.4 is 10.1 Å². The van der Waals surface area contributed by atoms with Crippen molar-refractivity contribution in [1.82, 2.24) is 10.2 Å². The maximum absolute atomic E-state index is 12.2. The van der Waals surface area contributed by atoms with Gasteiger partial charge in [-0.15, -0.1) is 11.8 Å². The number of carbonyl (C=O) groups excluding carboxylic acids is 1. The van der Waals surface area contributed by atoms with Gasteiger partial charge in [-0.1, -0.05) is 18.2 Å². The highest BCUT2D eigenvalue weighted by molar-refractivity contribution is 8.01. The summed E-state index contributed by atoms with van der Waals surface area (Å²) < 4.78 is 5.78. The van der Waals surface area contributed by atoms with Gasteiger partial charge in [0.25, 0.3) is 0 Å². The van der Waals surface area contributed by atoms with Crippen molar-refractivity contribution in [3.05, 3.63) is 41.1 Å². The molecule has 2 heterocycles. The molecule has 0 bridgehead atoms. The Balaban J connectivity index is 2.12. The largest absolute Gasteiger partial charge is 0.494 e. The molecule has 2 atom stereocenters. The van der Waals surface area contributed by atoms with Gasteiger partial charge in [0, 0.05) is 16.8 Å². The summed E-state index contributed by atoms with van der Waals surface area (Å²) in [7, 11) is 0. The number of aryl methyl sites for hydroxylation is 1. The fourth-order valence-corrected chi connectivity index (χ4v) is 3.98. The van der Waals surface area contributed by atoms with E-state index in [2.05, 4.69) is 21.6 Å². The highest BCUT2D eigenvalue weighted by atomic mass is 32.2. The number of benzene rings is 1. The van der Waals surface area contributed by atoms with Crippen LogP contribution in [0.2, 0.25) is 0 Å². The van der Waals surface area contributed by atoms with Crippen molar-refractivity contribution in [1.29, 1.82) is 0 Å². The lowest BCUT2D eigenvalue weighted by Crippen LogP contribution is -2.21. The lowest BCUT2D eigenvalue weighted by Gasteiger charge is -2.20. The van der Waals surface area contributed by atoms with Crippen molar-refractivity contribution in [3.63, 3.8) is 0 Å². The Kier molecular flexibility index (Phi) is 4.11. The SMILES string of the molecule is CCOc1ccccc1[C@@H]1S[C@@H](C)C(=O)Nc2n[nH]c(C)c21. The average molecular weight is 317 g/mol. The van der Waals surface area contributed by atoms with Gasteiger partial charge in [0.15, 0.2) is 5.82 Å². The van der Waals surface area contributed by atoms with Crippen molar-refractivity contribution in [2.75, 3.05) is 11.9 Å². The summed E-state index contributed by atoms with van der Waals surface area (Å²) >= 11 is 1.62. The maximum atomic E-state index is 12.2. The lowest BCUT2D eigenvalue weighted by atomic mass is 10.0. The van der Waals surface area contributed by atoms with E-state index in [1.165, 1.54) is 0 Å². The molecule has 0 fully saturated rings. The third kappa shape index (κ3) is 2.59. The van der Waals surface area contributed by atoms with Gasteiger partial charge in [-0.2, -0.15) is 5.10 Å². The quantitative estimate of drug-likeness (QED) is 0.911. The number of thioether (sulfide) groups is 1. The Morgan fingerprint density at radius 1 is 1.36 bits per heavy atom. The van der Waals surface area contributed by atoms with Gasteiger partial charge < -0.3 is 10.1 Å². The zero-order chi connectivity index (χ0) is 15.7. The predicted octanol–water partition coefficient (Wildman–Crippen LogP) is 3.28. The molecule has 0 saturated carbocycles. The summed E-state index contributed by atoms with van der Waals surface area (Å²) in [5.41, 5.74) is 3.06. The average Bonchev–Trinajstić information content (AvgIpc) is 2.80. The molecule has 6 heteroatoms. The molecule has 1 aromatic carbocycles. The lowest BCUT2D eigenvalue weighted by molar-refractivity contribution is -0.115. The molecule has 1 aliphatic heterocycles. The number of carbonyl (C=O) groups is 1. The van der Waals surface area contributed by atoms with E-state index in [1.54, 1.807) is 11.8 Å². The second-order valence-corrected chi connectivity index (χ2v) is 6.68. The van der Waals surface area contributed by atoms with Gasteiger partial charge in [0.1, 0.15) is 5.75 Å². The first-order chi connectivity index (χ1) is 10.6. The highest BCUT2D eigenvalue weighted by Crippen LogP contribution is 2.47. The summed E-state index contributed by atoms with van der Waals surface area (Å²) in [6.07, 6.45) is 0. The van der Waals surface area contributed by atoms with Crippen LogP contribution in [0.15, 0.2) is 24.3 Å². The number of ether oxygens (including phenoxy) is 1. The minimum absolute atomic E-state index is 0.00505. The zero-order valence-corrected chi connectivity index (χ0v) is 13.7. The van der Waals surface area contributed by atoms with Crippen LogP contribution in [0.1, 0.15) is 35.9 Å². The van der Waals surface area contributed by atoms with Gasteiger partial charge >= 0.3 is 0 Å². The topological polar surface area (TPSA) is 67.0 Å². The molecule has 1 amide bonds. The van der Waals surface area contributed by atoms with E-state index in [1.807, 2.05) is 39.0 Å². The number of H-pyrrole nitrogens is 1. The molecule has 0 radical (unpaired) electrons. The van der Waals surface area contributed by atoms with E-state index in [4.69, 9.17) is 4.74 Å². The first-order valence-electron chi connectivity index (χ1n) is 7.34. The van der Waals surface area contributed by atoms with Crippen molar-refractivity contribution in [2.45, 2.75) is 31.3 Å². The molecule has 0 spiro atoms.